The van der Waals surface area contributed by atoms with Crippen molar-refractivity contribution in [1.82, 2.24) is 20.6 Å². The molecule has 2 aromatic heterocycles. The van der Waals surface area contributed by atoms with Crippen LogP contribution in [0.15, 0.2) is 10.4 Å². The fourth-order valence-corrected chi connectivity index (χ4v) is 4.56. The average Bonchev–Trinajstić information content (AvgIpc) is 3.33. The SMILES string of the molecule is CN=C(NCCc1csc(N2CCCC2)n1)NCc1nc(C)c(C)s1. The van der Waals surface area contributed by atoms with Gasteiger partial charge in [0.25, 0.3) is 0 Å². The predicted octanol–water partition coefficient (Wildman–Crippen LogP) is 2.72. The van der Waals surface area contributed by atoms with Crippen LogP contribution < -0.4 is 15.5 Å². The molecular formula is C17H26N6S2. The number of nitrogens with zero attached hydrogens (tertiary/aromatic N) is 4. The Morgan fingerprint density at radius 2 is 2.04 bits per heavy atom. The molecule has 6 nitrogen and oxygen atoms in total. The van der Waals surface area contributed by atoms with Gasteiger partial charge in [-0.3, -0.25) is 4.99 Å². The van der Waals surface area contributed by atoms with Gasteiger partial charge in [-0.15, -0.1) is 22.7 Å². The van der Waals surface area contributed by atoms with Crippen molar-refractivity contribution in [3.63, 3.8) is 0 Å². The monoisotopic (exact) mass is 378 g/mol. The Morgan fingerprint density at radius 3 is 2.72 bits per heavy atom. The van der Waals surface area contributed by atoms with Crippen LogP contribution in [0, 0.1) is 13.8 Å². The summed E-state index contributed by atoms with van der Waals surface area (Å²) in [5, 5.41) is 11.1. The van der Waals surface area contributed by atoms with Crippen molar-refractivity contribution < 1.29 is 0 Å². The van der Waals surface area contributed by atoms with E-state index in [9.17, 15) is 0 Å². The summed E-state index contributed by atoms with van der Waals surface area (Å²) in [6, 6.07) is 0. The molecule has 136 valence electrons. The predicted molar refractivity (Wildman–Crippen MR) is 107 cm³/mol. The van der Waals surface area contributed by atoms with Crippen LogP contribution in [-0.2, 0) is 13.0 Å². The molecule has 1 aliphatic heterocycles. The number of thiazole rings is 2. The van der Waals surface area contributed by atoms with Gasteiger partial charge in [0.05, 0.1) is 17.9 Å². The van der Waals surface area contributed by atoms with E-state index in [0.717, 1.165) is 48.4 Å². The van der Waals surface area contributed by atoms with E-state index in [2.05, 4.69) is 37.8 Å². The Hall–Kier alpha value is -1.67. The van der Waals surface area contributed by atoms with Gasteiger partial charge >= 0.3 is 0 Å². The summed E-state index contributed by atoms with van der Waals surface area (Å²) in [6.07, 6.45) is 3.48. The summed E-state index contributed by atoms with van der Waals surface area (Å²) in [7, 11) is 1.79. The number of guanidine groups is 1. The van der Waals surface area contributed by atoms with Crippen molar-refractivity contribution in [2.75, 3.05) is 31.6 Å². The number of rotatable bonds is 6. The largest absolute Gasteiger partial charge is 0.356 e. The van der Waals surface area contributed by atoms with Crippen LogP contribution in [0.5, 0.6) is 0 Å². The highest BCUT2D eigenvalue weighted by Gasteiger charge is 2.15. The van der Waals surface area contributed by atoms with Crippen molar-refractivity contribution in [2.45, 2.75) is 39.7 Å². The molecule has 2 N–H and O–H groups in total. The van der Waals surface area contributed by atoms with Crippen LogP contribution in [-0.4, -0.2) is 42.6 Å². The molecule has 3 heterocycles. The minimum Gasteiger partial charge on any atom is -0.356 e. The molecule has 0 aliphatic carbocycles. The molecule has 0 saturated carbocycles. The van der Waals surface area contributed by atoms with Crippen molar-refractivity contribution in [3.8, 4) is 0 Å². The van der Waals surface area contributed by atoms with Crippen LogP contribution in [0.1, 0.15) is 34.1 Å². The van der Waals surface area contributed by atoms with Gasteiger partial charge in [-0.05, 0) is 26.7 Å². The number of hydrogen-bond donors (Lipinski definition) is 2. The fraction of sp³-hybridized carbons (Fsp3) is 0.588. The first kappa shape index (κ1) is 18.1. The molecule has 1 saturated heterocycles. The molecule has 3 rings (SSSR count). The van der Waals surface area contributed by atoms with Gasteiger partial charge in [0, 0.05) is 43.4 Å². The third kappa shape index (κ3) is 4.92. The highest BCUT2D eigenvalue weighted by atomic mass is 32.1. The van der Waals surface area contributed by atoms with Crippen LogP contribution in [0.4, 0.5) is 5.13 Å². The first-order valence-electron chi connectivity index (χ1n) is 8.72. The molecule has 0 radical (unpaired) electrons. The zero-order chi connectivity index (χ0) is 17.6. The fourth-order valence-electron chi connectivity index (χ4n) is 2.77. The van der Waals surface area contributed by atoms with E-state index in [0.29, 0.717) is 6.54 Å². The van der Waals surface area contributed by atoms with Gasteiger partial charge in [-0.1, -0.05) is 0 Å². The van der Waals surface area contributed by atoms with Crippen molar-refractivity contribution in [2.24, 2.45) is 4.99 Å². The van der Waals surface area contributed by atoms with E-state index in [1.807, 2.05) is 6.92 Å². The lowest BCUT2D eigenvalue weighted by molar-refractivity contribution is 0.782. The Bertz CT molecular complexity index is 695. The van der Waals surface area contributed by atoms with E-state index in [1.165, 1.54) is 22.9 Å². The quantitative estimate of drug-likeness (QED) is 0.598. The van der Waals surface area contributed by atoms with Gasteiger partial charge in [-0.25, -0.2) is 9.97 Å². The van der Waals surface area contributed by atoms with Gasteiger partial charge in [0.2, 0.25) is 0 Å². The summed E-state index contributed by atoms with van der Waals surface area (Å²) >= 11 is 3.49. The first-order chi connectivity index (χ1) is 12.2. The Labute approximate surface area is 157 Å². The minimum atomic E-state index is 0.703. The molecule has 8 heteroatoms. The third-order valence-electron chi connectivity index (χ3n) is 4.29. The number of hydrogen-bond acceptors (Lipinski definition) is 6. The lowest BCUT2D eigenvalue weighted by atomic mass is 10.3. The van der Waals surface area contributed by atoms with Crippen LogP contribution in [0.3, 0.4) is 0 Å². The zero-order valence-electron chi connectivity index (χ0n) is 15.1. The Balaban J connectivity index is 1.42. The molecule has 25 heavy (non-hydrogen) atoms. The maximum absolute atomic E-state index is 4.76. The topological polar surface area (TPSA) is 65.4 Å². The van der Waals surface area contributed by atoms with Gasteiger partial charge in [0.15, 0.2) is 11.1 Å². The molecule has 0 amide bonds. The summed E-state index contributed by atoms with van der Waals surface area (Å²) in [6.45, 7) is 7.98. The summed E-state index contributed by atoms with van der Waals surface area (Å²) in [5.74, 6) is 0.806. The summed E-state index contributed by atoms with van der Waals surface area (Å²) in [5.41, 5.74) is 2.27. The van der Waals surface area contributed by atoms with Crippen molar-refractivity contribution in [1.29, 1.82) is 0 Å². The normalized spacial score (nSPS) is 15.0. The van der Waals surface area contributed by atoms with E-state index < -0.39 is 0 Å². The molecule has 0 aromatic carbocycles. The van der Waals surface area contributed by atoms with Crippen molar-refractivity contribution >= 4 is 33.8 Å². The lowest BCUT2D eigenvalue weighted by Crippen LogP contribution is -2.37. The van der Waals surface area contributed by atoms with Crippen molar-refractivity contribution in [3.05, 3.63) is 26.7 Å². The number of aromatic nitrogens is 2. The van der Waals surface area contributed by atoms with Crippen LogP contribution in [0.25, 0.3) is 0 Å². The maximum atomic E-state index is 4.76. The molecule has 0 unspecified atom stereocenters. The standard InChI is InChI=1S/C17H26N6S2/c1-12-13(2)25-15(21-12)10-20-16(18-3)19-7-6-14-11-24-17(22-14)23-8-4-5-9-23/h11H,4-10H2,1-3H3,(H2,18,19,20). The average molecular weight is 379 g/mol. The molecular weight excluding hydrogens is 352 g/mol. The second kappa shape index (κ2) is 8.62. The van der Waals surface area contributed by atoms with Crippen LogP contribution in [0.2, 0.25) is 0 Å². The second-order valence-corrected chi connectivity index (χ2v) is 8.29. The number of aliphatic imine (C=N–C) groups is 1. The van der Waals surface area contributed by atoms with Gasteiger partial charge in [0.1, 0.15) is 5.01 Å². The number of nitrogens with one attached hydrogen (secondary N) is 2. The Morgan fingerprint density at radius 1 is 1.24 bits per heavy atom. The minimum absolute atomic E-state index is 0.703. The van der Waals surface area contributed by atoms with Gasteiger partial charge < -0.3 is 15.5 Å². The summed E-state index contributed by atoms with van der Waals surface area (Å²) < 4.78 is 0. The van der Waals surface area contributed by atoms with E-state index in [-0.39, 0.29) is 0 Å². The third-order valence-corrected chi connectivity index (χ3v) is 6.32. The smallest absolute Gasteiger partial charge is 0.191 e. The van der Waals surface area contributed by atoms with Crippen LogP contribution >= 0.6 is 22.7 Å². The molecule has 1 fully saturated rings. The Kier molecular flexibility index (Phi) is 6.25. The second-order valence-electron chi connectivity index (χ2n) is 6.17. The first-order valence-corrected chi connectivity index (χ1v) is 10.4. The molecule has 1 aliphatic rings. The molecule has 0 atom stereocenters. The highest BCUT2D eigenvalue weighted by Crippen LogP contribution is 2.24. The maximum Gasteiger partial charge on any atom is 0.191 e. The van der Waals surface area contributed by atoms with E-state index >= 15 is 0 Å². The number of anilines is 1. The van der Waals surface area contributed by atoms with Gasteiger partial charge in [-0.2, -0.15) is 0 Å². The highest BCUT2D eigenvalue weighted by molar-refractivity contribution is 7.13. The molecule has 0 spiro atoms. The lowest BCUT2D eigenvalue weighted by Gasteiger charge is -2.12. The molecule has 2 aromatic rings. The summed E-state index contributed by atoms with van der Waals surface area (Å²) in [4.78, 5) is 17.2. The van der Waals surface area contributed by atoms with E-state index in [1.54, 1.807) is 29.7 Å². The molecule has 0 bridgehead atoms. The zero-order valence-corrected chi connectivity index (χ0v) is 16.8. The number of aryl methyl sites for hydroxylation is 2. The van der Waals surface area contributed by atoms with E-state index in [4.69, 9.17) is 4.98 Å².